The Morgan fingerprint density at radius 1 is 0.846 bits per heavy atom. The molecule has 0 atom stereocenters. The number of aliphatic imine (C=N–C) groups is 1. The van der Waals surface area contributed by atoms with E-state index in [1.54, 1.807) is 41.3 Å². The lowest BCUT2D eigenvalue weighted by Gasteiger charge is -2.15. The highest BCUT2D eigenvalue weighted by Gasteiger charge is 2.34. The van der Waals surface area contributed by atoms with Crippen molar-refractivity contribution in [3.8, 4) is 11.5 Å². The van der Waals surface area contributed by atoms with Crippen molar-refractivity contribution in [3.05, 3.63) is 123 Å². The van der Waals surface area contributed by atoms with Crippen LogP contribution in [0.4, 0.5) is 11.4 Å². The molecule has 5 rings (SSSR count). The monoisotopic (exact) mass is 574 g/mol. The lowest BCUT2D eigenvalue weighted by atomic mass is 10.1. The highest BCUT2D eigenvalue weighted by atomic mass is 35.5. The van der Waals surface area contributed by atoms with Crippen molar-refractivity contribution in [2.45, 2.75) is 13.5 Å². The number of anilines is 1. The molecule has 1 fully saturated rings. The Balaban J connectivity index is 1.46. The van der Waals surface area contributed by atoms with Gasteiger partial charge in [-0.25, -0.2) is 4.99 Å². The van der Waals surface area contributed by atoms with E-state index >= 15 is 0 Å². The molecule has 0 aliphatic carbocycles. The van der Waals surface area contributed by atoms with Crippen molar-refractivity contribution in [2.75, 3.05) is 11.5 Å². The van der Waals surface area contributed by atoms with Crippen LogP contribution in [0.1, 0.15) is 18.1 Å². The summed E-state index contributed by atoms with van der Waals surface area (Å²) >= 11 is 13.4. The summed E-state index contributed by atoms with van der Waals surface area (Å²) in [5, 5.41) is 1.73. The average Bonchev–Trinajstić information content (AvgIpc) is 3.24. The van der Waals surface area contributed by atoms with Gasteiger partial charge in [0.05, 0.1) is 22.9 Å². The summed E-state index contributed by atoms with van der Waals surface area (Å²) in [5.41, 5.74) is 3.24. The van der Waals surface area contributed by atoms with Crippen molar-refractivity contribution in [1.29, 1.82) is 0 Å². The van der Waals surface area contributed by atoms with Crippen LogP contribution in [0.5, 0.6) is 11.5 Å². The molecule has 0 bridgehead atoms. The van der Waals surface area contributed by atoms with E-state index in [0.29, 0.717) is 56.2 Å². The maximum Gasteiger partial charge on any atom is 0.271 e. The first kappa shape index (κ1) is 26.9. The average molecular weight is 576 g/mol. The number of hydrogen-bond acceptors (Lipinski definition) is 5. The van der Waals surface area contributed by atoms with Gasteiger partial charge in [-0.3, -0.25) is 9.69 Å². The van der Waals surface area contributed by atoms with Gasteiger partial charge in [0.15, 0.2) is 16.7 Å². The Morgan fingerprint density at radius 3 is 2.23 bits per heavy atom. The van der Waals surface area contributed by atoms with Crippen molar-refractivity contribution in [3.63, 3.8) is 0 Å². The Morgan fingerprint density at radius 2 is 1.54 bits per heavy atom. The summed E-state index contributed by atoms with van der Waals surface area (Å²) in [6.45, 7) is 2.83. The van der Waals surface area contributed by atoms with E-state index < -0.39 is 0 Å². The molecule has 39 heavy (non-hydrogen) atoms. The predicted octanol–water partition coefficient (Wildman–Crippen LogP) is 8.78. The van der Waals surface area contributed by atoms with Crippen LogP contribution in [-0.4, -0.2) is 17.7 Å². The fourth-order valence-corrected chi connectivity index (χ4v) is 5.13. The molecule has 1 amide bonds. The molecule has 4 aromatic carbocycles. The predicted molar refractivity (Wildman–Crippen MR) is 161 cm³/mol. The van der Waals surface area contributed by atoms with Crippen LogP contribution in [0.15, 0.2) is 107 Å². The van der Waals surface area contributed by atoms with Gasteiger partial charge in [0.25, 0.3) is 5.91 Å². The van der Waals surface area contributed by atoms with Crippen LogP contribution in [0.3, 0.4) is 0 Å². The number of rotatable bonds is 8. The fourth-order valence-electron chi connectivity index (χ4n) is 3.88. The molecule has 0 radical (unpaired) electrons. The molecule has 4 aromatic rings. The van der Waals surface area contributed by atoms with Gasteiger partial charge in [0.1, 0.15) is 6.61 Å². The van der Waals surface area contributed by atoms with Crippen LogP contribution >= 0.6 is 35.0 Å². The number of hydrogen-bond donors (Lipinski definition) is 0. The lowest BCUT2D eigenvalue weighted by molar-refractivity contribution is -0.113. The van der Waals surface area contributed by atoms with Crippen molar-refractivity contribution in [1.82, 2.24) is 0 Å². The van der Waals surface area contributed by atoms with Gasteiger partial charge < -0.3 is 9.47 Å². The molecule has 0 spiro atoms. The number of carbonyl (C=O) groups is 1. The van der Waals surface area contributed by atoms with E-state index in [1.807, 2.05) is 73.7 Å². The van der Waals surface area contributed by atoms with Gasteiger partial charge in [-0.05, 0) is 96.6 Å². The van der Waals surface area contributed by atoms with Crippen LogP contribution in [0.2, 0.25) is 10.0 Å². The molecule has 0 aromatic heterocycles. The zero-order valence-electron chi connectivity index (χ0n) is 21.0. The first-order valence-electron chi connectivity index (χ1n) is 12.3. The molecule has 1 aliphatic rings. The Kier molecular flexibility index (Phi) is 8.57. The summed E-state index contributed by atoms with van der Waals surface area (Å²) in [7, 11) is 0. The molecule has 5 nitrogen and oxygen atoms in total. The number of amides is 1. The third-order valence-corrected chi connectivity index (χ3v) is 7.22. The first-order valence-corrected chi connectivity index (χ1v) is 13.8. The van der Waals surface area contributed by atoms with E-state index in [-0.39, 0.29) is 5.91 Å². The summed E-state index contributed by atoms with van der Waals surface area (Å²) in [4.78, 5) is 20.5. The lowest BCUT2D eigenvalue weighted by Crippen LogP contribution is -2.28. The molecule has 0 N–H and O–H groups in total. The molecule has 0 unspecified atom stereocenters. The van der Waals surface area contributed by atoms with E-state index in [4.69, 9.17) is 37.7 Å². The van der Waals surface area contributed by atoms with E-state index in [2.05, 4.69) is 0 Å². The molecule has 8 heteroatoms. The van der Waals surface area contributed by atoms with Crippen LogP contribution in [-0.2, 0) is 11.4 Å². The Bertz CT molecular complexity index is 1520. The van der Waals surface area contributed by atoms with Gasteiger partial charge in [-0.15, -0.1) is 0 Å². The van der Waals surface area contributed by atoms with Gasteiger partial charge in [0, 0.05) is 10.0 Å². The van der Waals surface area contributed by atoms with Gasteiger partial charge >= 0.3 is 0 Å². The summed E-state index contributed by atoms with van der Waals surface area (Å²) < 4.78 is 11.9. The highest BCUT2D eigenvalue weighted by Crippen LogP contribution is 2.39. The second kappa shape index (κ2) is 12.4. The molecule has 0 saturated carbocycles. The quantitative estimate of drug-likeness (QED) is 0.197. The summed E-state index contributed by atoms with van der Waals surface area (Å²) in [5.74, 6) is 1.07. The minimum atomic E-state index is -0.183. The van der Waals surface area contributed by atoms with E-state index in [0.717, 1.165) is 11.1 Å². The summed E-state index contributed by atoms with van der Waals surface area (Å²) in [6, 6.07) is 29.9. The zero-order valence-corrected chi connectivity index (χ0v) is 23.3. The van der Waals surface area contributed by atoms with E-state index in [9.17, 15) is 4.79 Å². The third kappa shape index (κ3) is 6.66. The van der Waals surface area contributed by atoms with Gasteiger partial charge in [-0.1, -0.05) is 59.6 Å². The zero-order chi connectivity index (χ0) is 27.2. The normalized spacial score (nSPS) is 15.3. The smallest absolute Gasteiger partial charge is 0.271 e. The van der Waals surface area contributed by atoms with Crippen LogP contribution in [0.25, 0.3) is 6.08 Å². The number of ether oxygens (including phenoxy) is 2. The Labute approximate surface area is 241 Å². The molecule has 1 saturated heterocycles. The molecule has 1 heterocycles. The minimum absolute atomic E-state index is 0.183. The fraction of sp³-hybridized carbons (Fsp3) is 0.0968. The van der Waals surface area contributed by atoms with E-state index in [1.165, 1.54) is 11.8 Å². The Hall–Kier alpha value is -3.71. The largest absolute Gasteiger partial charge is 0.490 e. The standard InChI is InChI=1S/C31H24Cl2N2O3S/c1-2-37-28-18-22(8-17-27(28)38-20-21-6-4-3-5-7-21)19-29-30(36)35(26-15-11-24(33)12-16-26)31(39-29)34-25-13-9-23(32)10-14-25/h3-19H,2,20H2,1H3/b29-19-,34-31?. The molecule has 1 aliphatic heterocycles. The third-order valence-electron chi connectivity index (χ3n) is 5.75. The minimum Gasteiger partial charge on any atom is -0.490 e. The summed E-state index contributed by atoms with van der Waals surface area (Å²) in [6.07, 6.45) is 1.84. The van der Waals surface area contributed by atoms with Crippen LogP contribution in [0, 0.1) is 0 Å². The van der Waals surface area contributed by atoms with Crippen molar-refractivity contribution >= 4 is 63.5 Å². The topological polar surface area (TPSA) is 51.1 Å². The number of nitrogens with zero attached hydrogens (tertiary/aromatic N) is 2. The number of carbonyl (C=O) groups excluding carboxylic acids is 1. The molecule has 196 valence electrons. The maximum absolute atomic E-state index is 13.6. The second-order valence-corrected chi connectivity index (χ2v) is 10.4. The van der Waals surface area contributed by atoms with Crippen molar-refractivity contribution < 1.29 is 14.3 Å². The SMILES string of the molecule is CCOc1cc(/C=C2\SC(=Nc3ccc(Cl)cc3)N(c3ccc(Cl)cc3)C2=O)ccc1OCc1ccccc1. The van der Waals surface area contributed by atoms with Gasteiger partial charge in [0.2, 0.25) is 0 Å². The molecular weight excluding hydrogens is 551 g/mol. The number of amidine groups is 1. The van der Waals surface area contributed by atoms with Gasteiger partial charge in [-0.2, -0.15) is 0 Å². The number of benzene rings is 4. The highest BCUT2D eigenvalue weighted by molar-refractivity contribution is 8.19. The number of halogens is 2. The molecular formula is C31H24Cl2N2O3S. The number of thioether (sulfide) groups is 1. The van der Waals surface area contributed by atoms with Crippen LogP contribution < -0.4 is 14.4 Å². The maximum atomic E-state index is 13.6. The second-order valence-electron chi connectivity index (χ2n) is 8.51. The van der Waals surface area contributed by atoms with Crippen molar-refractivity contribution in [2.24, 2.45) is 4.99 Å². The first-order chi connectivity index (χ1) is 19.0.